The summed E-state index contributed by atoms with van der Waals surface area (Å²) in [6, 6.07) is 13.1. The lowest BCUT2D eigenvalue weighted by Gasteiger charge is -2.36. The van der Waals surface area contributed by atoms with Gasteiger partial charge in [0.25, 0.3) is 5.69 Å². The zero-order chi connectivity index (χ0) is 18.5. The van der Waals surface area contributed by atoms with Crippen molar-refractivity contribution < 1.29 is 9.66 Å². The molecule has 26 heavy (non-hydrogen) atoms. The van der Waals surface area contributed by atoms with Crippen molar-refractivity contribution in [2.75, 3.05) is 44.2 Å². The highest BCUT2D eigenvalue weighted by atomic mass is 16.6. The molecule has 0 atom stereocenters. The van der Waals surface area contributed by atoms with E-state index in [1.54, 1.807) is 12.1 Å². The van der Waals surface area contributed by atoms with Crippen molar-refractivity contribution in [1.29, 1.82) is 0 Å². The van der Waals surface area contributed by atoms with Crippen LogP contribution in [-0.4, -0.2) is 49.2 Å². The zero-order valence-electron chi connectivity index (χ0n) is 15.4. The first kappa shape index (κ1) is 18.2. The van der Waals surface area contributed by atoms with E-state index in [-0.39, 0.29) is 10.6 Å². The van der Waals surface area contributed by atoms with Gasteiger partial charge in [-0.2, -0.15) is 0 Å². The molecular weight excluding hydrogens is 330 g/mol. The largest absolute Gasteiger partial charge is 0.492 e. The van der Waals surface area contributed by atoms with E-state index >= 15 is 0 Å². The number of nitro benzene ring substituents is 1. The third kappa shape index (κ3) is 4.73. The minimum Gasteiger partial charge on any atom is -0.492 e. The lowest BCUT2D eigenvalue weighted by molar-refractivity contribution is -0.384. The Morgan fingerprint density at radius 3 is 2.19 bits per heavy atom. The van der Waals surface area contributed by atoms with Crippen LogP contribution < -0.4 is 9.64 Å². The summed E-state index contributed by atoms with van der Waals surface area (Å²) in [6.45, 7) is 9.51. The lowest BCUT2D eigenvalue weighted by Crippen LogP contribution is -2.47. The Morgan fingerprint density at radius 2 is 1.62 bits per heavy atom. The highest BCUT2D eigenvalue weighted by molar-refractivity contribution is 5.51. The molecule has 0 N–H and O–H groups in total. The van der Waals surface area contributed by atoms with Crippen LogP contribution in [-0.2, 0) is 0 Å². The van der Waals surface area contributed by atoms with Crippen molar-refractivity contribution >= 4 is 11.4 Å². The molecule has 3 rings (SSSR count). The van der Waals surface area contributed by atoms with Gasteiger partial charge in [0.1, 0.15) is 12.4 Å². The van der Waals surface area contributed by atoms with Gasteiger partial charge < -0.3 is 9.64 Å². The molecule has 0 spiro atoms. The van der Waals surface area contributed by atoms with Crippen LogP contribution in [0.3, 0.4) is 0 Å². The van der Waals surface area contributed by atoms with Crippen molar-refractivity contribution in [2.24, 2.45) is 0 Å². The fraction of sp³-hybridized carbons (Fsp3) is 0.400. The maximum Gasteiger partial charge on any atom is 0.269 e. The average molecular weight is 355 g/mol. The van der Waals surface area contributed by atoms with Gasteiger partial charge in [0.2, 0.25) is 0 Å². The maximum atomic E-state index is 10.7. The third-order valence-corrected chi connectivity index (χ3v) is 4.67. The molecule has 1 aliphatic heterocycles. The van der Waals surface area contributed by atoms with Gasteiger partial charge in [-0.3, -0.25) is 15.0 Å². The molecule has 2 aromatic carbocycles. The molecule has 138 valence electrons. The van der Waals surface area contributed by atoms with Crippen LogP contribution in [0.5, 0.6) is 5.75 Å². The second-order valence-corrected chi connectivity index (χ2v) is 6.77. The number of nitro groups is 1. The molecule has 1 fully saturated rings. The first-order valence-electron chi connectivity index (χ1n) is 8.94. The van der Waals surface area contributed by atoms with Crippen molar-refractivity contribution in [2.45, 2.75) is 13.8 Å². The molecule has 2 aromatic rings. The first-order valence-corrected chi connectivity index (χ1v) is 8.94. The van der Waals surface area contributed by atoms with E-state index in [4.69, 9.17) is 4.74 Å². The number of ether oxygens (including phenoxy) is 1. The van der Waals surface area contributed by atoms with Gasteiger partial charge in [-0.05, 0) is 49.2 Å². The van der Waals surface area contributed by atoms with Crippen LogP contribution in [0.1, 0.15) is 11.1 Å². The van der Waals surface area contributed by atoms with Gasteiger partial charge in [-0.15, -0.1) is 0 Å². The second kappa shape index (κ2) is 8.19. The summed E-state index contributed by atoms with van der Waals surface area (Å²) >= 11 is 0. The molecule has 0 unspecified atom stereocenters. The van der Waals surface area contributed by atoms with E-state index < -0.39 is 0 Å². The van der Waals surface area contributed by atoms with E-state index in [0.29, 0.717) is 6.61 Å². The predicted molar refractivity (Wildman–Crippen MR) is 103 cm³/mol. The van der Waals surface area contributed by atoms with Crippen LogP contribution in [0.4, 0.5) is 11.4 Å². The molecule has 0 bridgehead atoms. The number of nitrogens with zero attached hydrogens (tertiary/aromatic N) is 3. The van der Waals surface area contributed by atoms with E-state index in [2.05, 4.69) is 41.8 Å². The standard InChI is InChI=1S/C20H25N3O3/c1-16-13-17(2)15-20(14-16)26-12-11-21-7-9-22(10-8-21)18-3-5-19(6-4-18)23(24)25/h3-6,13-15H,7-12H2,1-2H3. The topological polar surface area (TPSA) is 58.8 Å². The van der Waals surface area contributed by atoms with Gasteiger partial charge in [0.15, 0.2) is 0 Å². The summed E-state index contributed by atoms with van der Waals surface area (Å²) in [5.74, 6) is 0.937. The summed E-state index contributed by atoms with van der Waals surface area (Å²) in [5, 5.41) is 10.7. The number of rotatable bonds is 6. The number of non-ortho nitro benzene ring substituents is 1. The molecule has 0 aromatic heterocycles. The van der Waals surface area contributed by atoms with Gasteiger partial charge in [0, 0.05) is 50.5 Å². The summed E-state index contributed by atoms with van der Waals surface area (Å²) < 4.78 is 5.90. The van der Waals surface area contributed by atoms with E-state index in [1.165, 1.54) is 11.1 Å². The molecule has 1 saturated heterocycles. The monoisotopic (exact) mass is 355 g/mol. The smallest absolute Gasteiger partial charge is 0.269 e. The number of hydrogen-bond acceptors (Lipinski definition) is 5. The maximum absolute atomic E-state index is 10.7. The molecule has 0 radical (unpaired) electrons. The van der Waals surface area contributed by atoms with E-state index in [9.17, 15) is 10.1 Å². The van der Waals surface area contributed by atoms with E-state index in [0.717, 1.165) is 44.2 Å². The molecule has 1 aliphatic rings. The van der Waals surface area contributed by atoms with Gasteiger partial charge in [0.05, 0.1) is 4.92 Å². The minimum absolute atomic E-state index is 0.135. The summed E-state index contributed by atoms with van der Waals surface area (Å²) in [6.07, 6.45) is 0. The molecule has 1 heterocycles. The Morgan fingerprint density at radius 1 is 1.00 bits per heavy atom. The first-order chi connectivity index (χ1) is 12.5. The van der Waals surface area contributed by atoms with Gasteiger partial charge in [-0.25, -0.2) is 0 Å². The van der Waals surface area contributed by atoms with Crippen molar-refractivity contribution in [3.63, 3.8) is 0 Å². The van der Waals surface area contributed by atoms with Crippen LogP contribution in [0.15, 0.2) is 42.5 Å². The van der Waals surface area contributed by atoms with Crippen LogP contribution in [0, 0.1) is 24.0 Å². The Balaban J connectivity index is 1.44. The Hall–Kier alpha value is -2.60. The number of piperazine rings is 1. The van der Waals surface area contributed by atoms with Crippen LogP contribution in [0.2, 0.25) is 0 Å². The third-order valence-electron chi connectivity index (χ3n) is 4.67. The fourth-order valence-corrected chi connectivity index (χ4v) is 3.32. The molecule has 0 aliphatic carbocycles. The van der Waals surface area contributed by atoms with E-state index in [1.807, 2.05) is 12.1 Å². The van der Waals surface area contributed by atoms with Crippen LogP contribution in [0.25, 0.3) is 0 Å². The van der Waals surface area contributed by atoms with Crippen molar-refractivity contribution in [1.82, 2.24) is 4.90 Å². The molecule has 6 heteroatoms. The van der Waals surface area contributed by atoms with Crippen molar-refractivity contribution in [3.8, 4) is 5.75 Å². The quantitative estimate of drug-likeness (QED) is 0.587. The summed E-state index contributed by atoms with van der Waals surface area (Å²) in [4.78, 5) is 15.0. The average Bonchev–Trinajstić information content (AvgIpc) is 2.62. The highest BCUT2D eigenvalue weighted by Gasteiger charge is 2.17. The van der Waals surface area contributed by atoms with Crippen LogP contribution >= 0.6 is 0 Å². The highest BCUT2D eigenvalue weighted by Crippen LogP contribution is 2.21. The molecular formula is C20H25N3O3. The number of benzene rings is 2. The molecule has 0 amide bonds. The predicted octanol–water partition coefficient (Wildman–Crippen LogP) is 3.41. The van der Waals surface area contributed by atoms with Crippen molar-refractivity contribution in [3.05, 3.63) is 63.7 Å². The number of aryl methyl sites for hydroxylation is 2. The molecule has 6 nitrogen and oxygen atoms in total. The normalized spacial score (nSPS) is 15.1. The Bertz CT molecular complexity index is 733. The summed E-state index contributed by atoms with van der Waals surface area (Å²) in [7, 11) is 0. The number of anilines is 1. The minimum atomic E-state index is -0.364. The SMILES string of the molecule is Cc1cc(C)cc(OCCN2CCN(c3ccc([N+](=O)[O-])cc3)CC2)c1. The molecule has 0 saturated carbocycles. The number of hydrogen-bond donors (Lipinski definition) is 0. The Kier molecular flexibility index (Phi) is 5.73. The second-order valence-electron chi connectivity index (χ2n) is 6.77. The van der Waals surface area contributed by atoms with Gasteiger partial charge in [-0.1, -0.05) is 6.07 Å². The lowest BCUT2D eigenvalue weighted by atomic mass is 10.1. The Labute approximate surface area is 154 Å². The zero-order valence-corrected chi connectivity index (χ0v) is 15.4. The fourth-order valence-electron chi connectivity index (χ4n) is 3.32. The summed E-state index contributed by atoms with van der Waals surface area (Å²) in [5.41, 5.74) is 3.62. The van der Waals surface area contributed by atoms with Gasteiger partial charge >= 0.3 is 0 Å².